The summed E-state index contributed by atoms with van der Waals surface area (Å²) in [6, 6.07) is 2.35. The first-order valence-electron chi connectivity index (χ1n) is 7.13. The minimum atomic E-state index is -0.887. The van der Waals surface area contributed by atoms with Crippen molar-refractivity contribution < 1.29 is 29.3 Å². The van der Waals surface area contributed by atoms with Gasteiger partial charge in [-0.1, -0.05) is 27.7 Å². The second kappa shape index (κ2) is 7.68. The molecular formula is C16H22O6. The molecule has 0 saturated carbocycles. The fourth-order valence-electron chi connectivity index (χ4n) is 1.58. The number of aromatic hydroxyl groups is 2. The molecule has 0 aliphatic heterocycles. The second-order valence-electron chi connectivity index (χ2n) is 5.84. The number of phenolic OH excluding ortho intramolecular Hbond substituents is 2. The summed E-state index contributed by atoms with van der Waals surface area (Å²) in [6.07, 6.45) is 0. The molecule has 0 aliphatic carbocycles. The third kappa shape index (κ3) is 4.65. The van der Waals surface area contributed by atoms with Gasteiger partial charge in [-0.3, -0.25) is 0 Å². The van der Waals surface area contributed by atoms with Gasteiger partial charge in [0.05, 0.1) is 13.2 Å². The summed E-state index contributed by atoms with van der Waals surface area (Å²) in [5, 5.41) is 19.8. The third-order valence-corrected chi connectivity index (χ3v) is 2.68. The van der Waals surface area contributed by atoms with Crippen LogP contribution in [-0.4, -0.2) is 35.4 Å². The first kappa shape index (κ1) is 17.8. The van der Waals surface area contributed by atoms with E-state index in [4.69, 9.17) is 9.47 Å². The van der Waals surface area contributed by atoms with Crippen LogP contribution in [0, 0.1) is 11.8 Å². The van der Waals surface area contributed by atoms with E-state index < -0.39 is 29.0 Å². The van der Waals surface area contributed by atoms with E-state index in [1.807, 2.05) is 27.7 Å². The number of esters is 2. The highest BCUT2D eigenvalue weighted by atomic mass is 16.5. The van der Waals surface area contributed by atoms with Gasteiger partial charge in [-0.25, -0.2) is 9.59 Å². The van der Waals surface area contributed by atoms with Crippen LogP contribution in [0.2, 0.25) is 0 Å². The van der Waals surface area contributed by atoms with E-state index in [9.17, 15) is 19.8 Å². The Morgan fingerprint density at radius 1 is 0.955 bits per heavy atom. The van der Waals surface area contributed by atoms with Gasteiger partial charge in [-0.15, -0.1) is 0 Å². The molecule has 0 aromatic heterocycles. The van der Waals surface area contributed by atoms with E-state index in [0.29, 0.717) is 0 Å². The van der Waals surface area contributed by atoms with Crippen LogP contribution in [0.5, 0.6) is 11.5 Å². The molecular weight excluding hydrogens is 288 g/mol. The molecule has 6 nitrogen and oxygen atoms in total. The van der Waals surface area contributed by atoms with E-state index in [2.05, 4.69) is 0 Å². The highest BCUT2D eigenvalue weighted by Gasteiger charge is 2.25. The maximum Gasteiger partial charge on any atom is 0.345 e. The molecule has 0 amide bonds. The second-order valence-corrected chi connectivity index (χ2v) is 5.84. The molecule has 6 heteroatoms. The zero-order chi connectivity index (χ0) is 16.9. The van der Waals surface area contributed by atoms with Crippen molar-refractivity contribution in [1.29, 1.82) is 0 Å². The number of carbonyl (C=O) groups is 2. The van der Waals surface area contributed by atoms with E-state index in [1.165, 1.54) is 6.07 Å². The van der Waals surface area contributed by atoms with Crippen molar-refractivity contribution in [3.63, 3.8) is 0 Å². The fraction of sp³-hybridized carbons (Fsp3) is 0.500. The van der Waals surface area contributed by atoms with Gasteiger partial charge in [0, 0.05) is 0 Å². The molecule has 0 heterocycles. The fourth-order valence-corrected chi connectivity index (χ4v) is 1.58. The minimum absolute atomic E-state index is 0.104. The van der Waals surface area contributed by atoms with Crippen molar-refractivity contribution in [3.8, 4) is 11.5 Å². The molecule has 0 atom stereocenters. The highest BCUT2D eigenvalue weighted by molar-refractivity contribution is 6.01. The van der Waals surface area contributed by atoms with Crippen LogP contribution < -0.4 is 0 Å². The Kier molecular flexibility index (Phi) is 6.22. The quantitative estimate of drug-likeness (QED) is 0.785. The number of phenols is 2. The lowest BCUT2D eigenvalue weighted by molar-refractivity contribution is 0.0447. The van der Waals surface area contributed by atoms with Gasteiger partial charge in [-0.05, 0) is 24.0 Å². The zero-order valence-corrected chi connectivity index (χ0v) is 13.3. The summed E-state index contributed by atoms with van der Waals surface area (Å²) in [6.45, 7) is 7.78. The van der Waals surface area contributed by atoms with Crippen LogP contribution >= 0.6 is 0 Å². The lowest BCUT2D eigenvalue weighted by atomic mass is 10.1. The topological polar surface area (TPSA) is 93.1 Å². The Hall–Kier alpha value is -2.24. The van der Waals surface area contributed by atoms with Gasteiger partial charge >= 0.3 is 11.9 Å². The third-order valence-electron chi connectivity index (χ3n) is 2.68. The lowest BCUT2D eigenvalue weighted by Crippen LogP contribution is -2.14. The summed E-state index contributed by atoms with van der Waals surface area (Å²) < 4.78 is 9.98. The molecule has 0 bridgehead atoms. The number of rotatable bonds is 6. The summed E-state index contributed by atoms with van der Waals surface area (Å²) >= 11 is 0. The Bertz CT molecular complexity index is 548. The number of ether oxygens (including phenoxy) is 2. The Balaban J connectivity index is 3.02. The van der Waals surface area contributed by atoms with E-state index >= 15 is 0 Å². The minimum Gasteiger partial charge on any atom is -0.507 e. The first-order valence-corrected chi connectivity index (χ1v) is 7.13. The molecule has 22 heavy (non-hydrogen) atoms. The van der Waals surface area contributed by atoms with Gasteiger partial charge < -0.3 is 19.7 Å². The maximum absolute atomic E-state index is 11.9. The Morgan fingerprint density at radius 3 is 1.95 bits per heavy atom. The normalized spacial score (nSPS) is 10.8. The van der Waals surface area contributed by atoms with Crippen LogP contribution in [0.1, 0.15) is 48.4 Å². The van der Waals surface area contributed by atoms with Crippen molar-refractivity contribution in [2.24, 2.45) is 11.8 Å². The molecule has 0 radical (unpaired) electrons. The van der Waals surface area contributed by atoms with Gasteiger partial charge in [0.2, 0.25) is 0 Å². The smallest absolute Gasteiger partial charge is 0.345 e. The first-order chi connectivity index (χ1) is 10.2. The van der Waals surface area contributed by atoms with Crippen LogP contribution in [-0.2, 0) is 9.47 Å². The van der Waals surface area contributed by atoms with Crippen LogP contribution in [0.15, 0.2) is 12.1 Å². The average molecular weight is 310 g/mol. The van der Waals surface area contributed by atoms with Crippen LogP contribution in [0.25, 0.3) is 0 Å². The summed E-state index contributed by atoms with van der Waals surface area (Å²) in [5.41, 5.74) is -0.616. The molecule has 2 N–H and O–H groups in total. The summed E-state index contributed by atoms with van der Waals surface area (Å²) in [4.78, 5) is 23.8. The largest absolute Gasteiger partial charge is 0.507 e. The SMILES string of the molecule is CC(C)COC(=O)c1ccc(O)c(C(=O)OCC(C)C)c1O. The Morgan fingerprint density at radius 2 is 1.45 bits per heavy atom. The maximum atomic E-state index is 11.9. The number of carbonyl (C=O) groups excluding carboxylic acids is 2. The van der Waals surface area contributed by atoms with Gasteiger partial charge in [0.1, 0.15) is 22.6 Å². The van der Waals surface area contributed by atoms with Crippen LogP contribution in [0.4, 0.5) is 0 Å². The molecule has 0 aliphatic rings. The molecule has 1 aromatic rings. The monoisotopic (exact) mass is 310 g/mol. The molecule has 1 rings (SSSR count). The van der Waals surface area contributed by atoms with Crippen molar-refractivity contribution in [3.05, 3.63) is 23.3 Å². The average Bonchev–Trinajstić information content (AvgIpc) is 2.42. The van der Waals surface area contributed by atoms with Crippen molar-refractivity contribution in [1.82, 2.24) is 0 Å². The summed E-state index contributed by atoms with van der Waals surface area (Å²) in [7, 11) is 0. The summed E-state index contributed by atoms with van der Waals surface area (Å²) in [5.74, 6) is -2.49. The lowest BCUT2D eigenvalue weighted by Gasteiger charge is -2.13. The van der Waals surface area contributed by atoms with Gasteiger partial charge in [0.15, 0.2) is 0 Å². The molecule has 1 aromatic carbocycles. The number of hydrogen-bond acceptors (Lipinski definition) is 6. The van der Waals surface area contributed by atoms with Crippen molar-refractivity contribution in [2.75, 3.05) is 13.2 Å². The number of benzene rings is 1. The van der Waals surface area contributed by atoms with E-state index in [0.717, 1.165) is 6.07 Å². The standard InChI is InChI=1S/C16H22O6/c1-9(2)7-21-15(19)11-5-6-12(17)13(14(11)18)16(20)22-8-10(3)4/h5-6,9-10,17-18H,7-8H2,1-4H3. The van der Waals surface area contributed by atoms with E-state index in [1.54, 1.807) is 0 Å². The molecule has 0 fully saturated rings. The highest BCUT2D eigenvalue weighted by Crippen LogP contribution is 2.32. The van der Waals surface area contributed by atoms with Crippen molar-refractivity contribution >= 4 is 11.9 Å². The molecule has 122 valence electrons. The molecule has 0 spiro atoms. The predicted octanol–water partition coefficient (Wildman–Crippen LogP) is 2.72. The number of hydrogen-bond donors (Lipinski definition) is 2. The molecule has 0 unspecified atom stereocenters. The van der Waals surface area contributed by atoms with Crippen LogP contribution in [0.3, 0.4) is 0 Å². The van der Waals surface area contributed by atoms with Crippen molar-refractivity contribution in [2.45, 2.75) is 27.7 Å². The van der Waals surface area contributed by atoms with Gasteiger partial charge in [-0.2, -0.15) is 0 Å². The van der Waals surface area contributed by atoms with Gasteiger partial charge in [0.25, 0.3) is 0 Å². The Labute approximate surface area is 129 Å². The zero-order valence-electron chi connectivity index (χ0n) is 13.3. The van der Waals surface area contributed by atoms with E-state index in [-0.39, 0.29) is 30.6 Å². The molecule has 0 saturated heterocycles. The predicted molar refractivity (Wildman–Crippen MR) is 80.0 cm³/mol.